The molecule has 1 aliphatic carbocycles. The molecule has 6 nitrogen and oxygen atoms in total. The van der Waals surface area contributed by atoms with Crippen LogP contribution in [-0.4, -0.2) is 28.3 Å². The summed E-state index contributed by atoms with van der Waals surface area (Å²) in [5.74, 6) is 0.0280. The molecule has 1 unspecified atom stereocenters. The first-order chi connectivity index (χ1) is 12.3. The summed E-state index contributed by atoms with van der Waals surface area (Å²) in [7, 11) is 1.82. The van der Waals surface area contributed by atoms with Gasteiger partial charge in [-0.3, -0.25) is 4.79 Å². The Morgan fingerprint density at radius 2 is 2.00 bits per heavy atom. The average Bonchev–Trinajstić information content (AvgIpc) is 3.02. The van der Waals surface area contributed by atoms with Gasteiger partial charge in [-0.25, -0.2) is 0 Å². The van der Waals surface area contributed by atoms with Crippen molar-refractivity contribution in [3.63, 3.8) is 0 Å². The first-order valence-electron chi connectivity index (χ1n) is 9.96. The fraction of sp³-hybridized carbons (Fsp3) is 0.850. The van der Waals surface area contributed by atoms with Crippen LogP contribution in [0.15, 0.2) is 4.52 Å². The first-order valence-corrected chi connectivity index (χ1v) is 9.96. The predicted molar refractivity (Wildman–Crippen MR) is 101 cm³/mol. The van der Waals surface area contributed by atoms with Crippen LogP contribution in [0.5, 0.6) is 0 Å². The highest BCUT2D eigenvalue weighted by molar-refractivity contribution is 5.67. The molecule has 0 amide bonds. The molecule has 6 heteroatoms. The standard InChI is InChI=1S/C20H35N3O3/c1-19(2,3)20(10-6-5-7-11-20)12-8-9-15(13-17(24)25)18-22-16(14-21-4)23-26-18/h15,21H,5-14H2,1-4H3,(H,24,25). The summed E-state index contributed by atoms with van der Waals surface area (Å²) in [6, 6.07) is 0. The molecule has 2 N–H and O–H groups in total. The number of rotatable bonds is 9. The highest BCUT2D eigenvalue weighted by atomic mass is 16.5. The van der Waals surface area contributed by atoms with Crippen LogP contribution in [0.3, 0.4) is 0 Å². The van der Waals surface area contributed by atoms with Crippen molar-refractivity contribution >= 4 is 5.97 Å². The van der Waals surface area contributed by atoms with E-state index in [9.17, 15) is 9.90 Å². The third-order valence-corrected chi connectivity index (χ3v) is 6.20. The molecule has 0 aromatic carbocycles. The topological polar surface area (TPSA) is 88.2 Å². The van der Waals surface area contributed by atoms with Crippen molar-refractivity contribution < 1.29 is 14.4 Å². The predicted octanol–water partition coefficient (Wildman–Crippen LogP) is 4.51. The van der Waals surface area contributed by atoms with Crippen LogP contribution in [-0.2, 0) is 11.3 Å². The number of nitrogens with zero attached hydrogens (tertiary/aromatic N) is 2. The zero-order chi connectivity index (χ0) is 19.2. The molecule has 0 aliphatic heterocycles. The molecule has 1 saturated carbocycles. The molecule has 0 radical (unpaired) electrons. The fourth-order valence-corrected chi connectivity index (χ4v) is 4.48. The molecule has 0 saturated heterocycles. The normalized spacial score (nSPS) is 18.6. The number of nitrogens with one attached hydrogen (secondary N) is 1. The Labute approximate surface area is 157 Å². The van der Waals surface area contributed by atoms with E-state index in [4.69, 9.17) is 4.52 Å². The van der Waals surface area contributed by atoms with Gasteiger partial charge in [-0.2, -0.15) is 4.98 Å². The van der Waals surface area contributed by atoms with Crippen LogP contribution >= 0.6 is 0 Å². The van der Waals surface area contributed by atoms with Gasteiger partial charge in [-0.05, 0) is 43.6 Å². The quantitative estimate of drug-likeness (QED) is 0.669. The third-order valence-electron chi connectivity index (χ3n) is 6.20. The number of aromatic nitrogens is 2. The molecule has 1 aromatic rings. The van der Waals surface area contributed by atoms with Gasteiger partial charge < -0.3 is 14.9 Å². The van der Waals surface area contributed by atoms with Crippen LogP contribution in [0.2, 0.25) is 0 Å². The van der Waals surface area contributed by atoms with Gasteiger partial charge in [0.1, 0.15) is 0 Å². The van der Waals surface area contributed by atoms with Gasteiger partial charge in [0.15, 0.2) is 5.82 Å². The fourth-order valence-electron chi connectivity index (χ4n) is 4.48. The van der Waals surface area contributed by atoms with E-state index in [0.29, 0.717) is 23.7 Å². The Kier molecular flexibility index (Phi) is 7.21. The monoisotopic (exact) mass is 365 g/mol. The first kappa shape index (κ1) is 20.9. The minimum Gasteiger partial charge on any atom is -0.481 e. The summed E-state index contributed by atoms with van der Waals surface area (Å²) in [6.07, 6.45) is 9.51. The second-order valence-corrected chi connectivity index (χ2v) is 8.86. The molecular formula is C20H35N3O3. The molecule has 1 aromatic heterocycles. The number of hydrogen-bond acceptors (Lipinski definition) is 5. The zero-order valence-electron chi connectivity index (χ0n) is 16.8. The van der Waals surface area contributed by atoms with Crippen LogP contribution in [0.1, 0.15) is 96.2 Å². The van der Waals surface area contributed by atoms with E-state index in [0.717, 1.165) is 19.3 Å². The second kappa shape index (κ2) is 8.98. The summed E-state index contributed by atoms with van der Waals surface area (Å²) < 4.78 is 5.35. The van der Waals surface area contributed by atoms with E-state index in [1.54, 1.807) is 0 Å². The third kappa shape index (κ3) is 5.29. The van der Waals surface area contributed by atoms with Gasteiger partial charge in [0.25, 0.3) is 0 Å². The van der Waals surface area contributed by atoms with E-state index in [2.05, 4.69) is 36.2 Å². The van der Waals surface area contributed by atoms with Crippen molar-refractivity contribution in [3.05, 3.63) is 11.7 Å². The SMILES string of the molecule is CNCc1noc(C(CCCC2(C(C)(C)C)CCCCC2)CC(=O)O)n1. The zero-order valence-corrected chi connectivity index (χ0v) is 16.8. The molecule has 0 spiro atoms. The lowest BCUT2D eigenvalue weighted by Gasteiger charge is -2.48. The van der Waals surface area contributed by atoms with E-state index in [1.807, 2.05) is 7.05 Å². The molecule has 26 heavy (non-hydrogen) atoms. The van der Waals surface area contributed by atoms with Gasteiger partial charge in [-0.1, -0.05) is 51.6 Å². The molecule has 2 rings (SSSR count). The molecule has 0 bridgehead atoms. The Morgan fingerprint density at radius 3 is 2.58 bits per heavy atom. The lowest BCUT2D eigenvalue weighted by Crippen LogP contribution is -2.37. The van der Waals surface area contributed by atoms with E-state index in [1.165, 1.54) is 32.1 Å². The van der Waals surface area contributed by atoms with Gasteiger partial charge in [0.05, 0.1) is 13.0 Å². The Hall–Kier alpha value is -1.43. The highest BCUT2D eigenvalue weighted by Crippen LogP contribution is 2.53. The van der Waals surface area contributed by atoms with Crippen LogP contribution in [0.4, 0.5) is 0 Å². The van der Waals surface area contributed by atoms with Crippen molar-refractivity contribution in [2.45, 2.75) is 91.0 Å². The summed E-state index contributed by atoms with van der Waals surface area (Å²) in [5.41, 5.74) is 0.644. The van der Waals surface area contributed by atoms with Crippen LogP contribution in [0.25, 0.3) is 0 Å². The van der Waals surface area contributed by atoms with Gasteiger partial charge >= 0.3 is 5.97 Å². The minimum absolute atomic E-state index is 0.0453. The lowest BCUT2D eigenvalue weighted by molar-refractivity contribution is -0.137. The number of carbonyl (C=O) groups is 1. The smallest absolute Gasteiger partial charge is 0.304 e. The van der Waals surface area contributed by atoms with Crippen molar-refractivity contribution in [1.82, 2.24) is 15.5 Å². The largest absolute Gasteiger partial charge is 0.481 e. The summed E-state index contributed by atoms with van der Waals surface area (Å²) in [5, 5.41) is 16.2. The van der Waals surface area contributed by atoms with Crippen LogP contribution in [0, 0.1) is 10.8 Å². The number of aliphatic carboxylic acids is 1. The maximum Gasteiger partial charge on any atom is 0.304 e. The average molecular weight is 366 g/mol. The van der Waals surface area contributed by atoms with Crippen molar-refractivity contribution in [2.75, 3.05) is 7.05 Å². The van der Waals surface area contributed by atoms with Gasteiger partial charge in [0.2, 0.25) is 5.89 Å². The maximum atomic E-state index is 11.3. The van der Waals surface area contributed by atoms with Crippen molar-refractivity contribution in [3.8, 4) is 0 Å². The number of hydrogen-bond donors (Lipinski definition) is 2. The molecule has 1 heterocycles. The second-order valence-electron chi connectivity index (χ2n) is 8.86. The number of carboxylic acid groups (broad SMARTS) is 1. The van der Waals surface area contributed by atoms with E-state index >= 15 is 0 Å². The Balaban J connectivity index is 2.02. The van der Waals surface area contributed by atoms with Crippen molar-refractivity contribution in [1.29, 1.82) is 0 Å². The summed E-state index contributed by atoms with van der Waals surface area (Å²) in [4.78, 5) is 15.7. The van der Waals surface area contributed by atoms with E-state index in [-0.39, 0.29) is 17.8 Å². The van der Waals surface area contributed by atoms with Gasteiger partial charge in [0, 0.05) is 5.92 Å². The Bertz CT molecular complexity index is 571. The summed E-state index contributed by atoms with van der Waals surface area (Å²) in [6.45, 7) is 7.59. The Morgan fingerprint density at radius 1 is 1.31 bits per heavy atom. The van der Waals surface area contributed by atoms with Crippen molar-refractivity contribution in [2.24, 2.45) is 10.8 Å². The molecule has 1 fully saturated rings. The lowest BCUT2D eigenvalue weighted by atomic mass is 9.57. The van der Waals surface area contributed by atoms with Gasteiger partial charge in [-0.15, -0.1) is 0 Å². The highest BCUT2D eigenvalue weighted by Gasteiger charge is 2.41. The number of carboxylic acids is 1. The molecule has 148 valence electrons. The molecular weight excluding hydrogens is 330 g/mol. The summed E-state index contributed by atoms with van der Waals surface area (Å²) >= 11 is 0. The minimum atomic E-state index is -0.813. The van der Waals surface area contributed by atoms with E-state index < -0.39 is 5.97 Å². The van der Waals surface area contributed by atoms with Crippen LogP contribution < -0.4 is 5.32 Å². The molecule has 1 aliphatic rings. The molecule has 1 atom stereocenters. The maximum absolute atomic E-state index is 11.3.